The summed E-state index contributed by atoms with van der Waals surface area (Å²) in [5.74, 6) is 0.673. The van der Waals surface area contributed by atoms with Crippen LogP contribution >= 0.6 is 0 Å². The van der Waals surface area contributed by atoms with Crippen molar-refractivity contribution < 1.29 is 9.53 Å². The van der Waals surface area contributed by atoms with Crippen LogP contribution in [0.4, 0.5) is 0 Å². The van der Waals surface area contributed by atoms with E-state index in [-0.39, 0.29) is 17.5 Å². The van der Waals surface area contributed by atoms with Crippen LogP contribution in [-0.2, 0) is 0 Å². The fourth-order valence-corrected chi connectivity index (χ4v) is 2.99. The van der Waals surface area contributed by atoms with Gasteiger partial charge in [0.05, 0.1) is 13.2 Å². The van der Waals surface area contributed by atoms with Gasteiger partial charge in [0.1, 0.15) is 11.4 Å². The zero-order chi connectivity index (χ0) is 17.1. The van der Waals surface area contributed by atoms with Gasteiger partial charge in [-0.25, -0.2) is 0 Å². The second-order valence-electron chi connectivity index (χ2n) is 5.95. The Bertz CT molecular complexity index is 770. The molecule has 1 N–H and O–H groups in total. The maximum atomic E-state index is 12.7. The molecule has 2 heterocycles. The summed E-state index contributed by atoms with van der Waals surface area (Å²) in [5, 5.41) is 0. The van der Waals surface area contributed by atoms with Crippen LogP contribution < -0.4 is 10.3 Å². The van der Waals surface area contributed by atoms with Crippen LogP contribution in [0.15, 0.2) is 47.3 Å². The smallest absolute Gasteiger partial charge is 0.270 e. The highest BCUT2D eigenvalue weighted by Crippen LogP contribution is 2.26. The van der Waals surface area contributed by atoms with E-state index in [2.05, 4.69) is 16.9 Å². The molecule has 1 amide bonds. The molecule has 1 aliphatic rings. The van der Waals surface area contributed by atoms with Crippen molar-refractivity contribution in [2.24, 2.45) is 0 Å². The van der Waals surface area contributed by atoms with Crippen LogP contribution in [0.1, 0.15) is 22.1 Å². The van der Waals surface area contributed by atoms with Gasteiger partial charge in [-0.1, -0.05) is 18.2 Å². The molecule has 0 unspecified atom stereocenters. The Morgan fingerprint density at radius 1 is 1.17 bits per heavy atom. The highest BCUT2D eigenvalue weighted by atomic mass is 16.5. The Morgan fingerprint density at radius 2 is 1.92 bits per heavy atom. The Kier molecular flexibility index (Phi) is 4.66. The van der Waals surface area contributed by atoms with Crippen molar-refractivity contribution in [1.29, 1.82) is 0 Å². The van der Waals surface area contributed by atoms with Crippen molar-refractivity contribution in [3.8, 4) is 5.75 Å². The predicted molar refractivity (Wildman–Crippen MR) is 91.3 cm³/mol. The molecule has 0 bridgehead atoms. The van der Waals surface area contributed by atoms with Gasteiger partial charge >= 0.3 is 0 Å². The molecule has 24 heavy (non-hydrogen) atoms. The fourth-order valence-electron chi connectivity index (χ4n) is 2.99. The van der Waals surface area contributed by atoms with Gasteiger partial charge in [-0.2, -0.15) is 0 Å². The molecule has 126 valence electrons. The Labute approximate surface area is 140 Å². The summed E-state index contributed by atoms with van der Waals surface area (Å²) >= 11 is 0. The van der Waals surface area contributed by atoms with Gasteiger partial charge in [-0.3, -0.25) is 14.5 Å². The van der Waals surface area contributed by atoms with Gasteiger partial charge in [0.25, 0.3) is 5.91 Å². The average molecular weight is 327 g/mol. The van der Waals surface area contributed by atoms with E-state index in [9.17, 15) is 9.59 Å². The average Bonchev–Trinajstić information content (AvgIpc) is 2.62. The number of carbonyl (C=O) groups excluding carboxylic acids is 1. The minimum atomic E-state index is -0.262. The number of ether oxygens (including phenoxy) is 1. The lowest BCUT2D eigenvalue weighted by molar-refractivity contribution is 0.0540. The first-order chi connectivity index (χ1) is 11.6. The van der Waals surface area contributed by atoms with Gasteiger partial charge in [0.2, 0.25) is 5.56 Å². The van der Waals surface area contributed by atoms with Crippen LogP contribution in [0.5, 0.6) is 5.75 Å². The van der Waals surface area contributed by atoms with E-state index < -0.39 is 0 Å². The van der Waals surface area contributed by atoms with E-state index in [1.165, 1.54) is 6.07 Å². The van der Waals surface area contributed by atoms with Gasteiger partial charge in [-0.05, 0) is 30.8 Å². The molecule has 0 radical (unpaired) electrons. The molecule has 6 nitrogen and oxygen atoms in total. The van der Waals surface area contributed by atoms with Crippen molar-refractivity contribution in [2.45, 2.75) is 6.04 Å². The minimum Gasteiger partial charge on any atom is -0.497 e. The summed E-state index contributed by atoms with van der Waals surface area (Å²) in [7, 11) is 3.70. The van der Waals surface area contributed by atoms with Gasteiger partial charge in [0, 0.05) is 25.7 Å². The molecule has 1 aromatic heterocycles. The largest absolute Gasteiger partial charge is 0.497 e. The van der Waals surface area contributed by atoms with Gasteiger partial charge in [-0.15, -0.1) is 0 Å². The number of hydrogen-bond acceptors (Lipinski definition) is 4. The number of amides is 1. The summed E-state index contributed by atoms with van der Waals surface area (Å²) in [6.07, 6.45) is 0. The Balaban J connectivity index is 1.79. The Hall–Kier alpha value is -2.60. The molecule has 0 spiro atoms. The molecular formula is C18H21N3O3. The van der Waals surface area contributed by atoms with Crippen LogP contribution in [0.25, 0.3) is 0 Å². The first kappa shape index (κ1) is 16.3. The minimum absolute atomic E-state index is 0.115. The quantitative estimate of drug-likeness (QED) is 0.928. The summed E-state index contributed by atoms with van der Waals surface area (Å²) < 4.78 is 5.20. The molecule has 3 rings (SSSR count). The molecule has 1 saturated heterocycles. The van der Waals surface area contributed by atoms with E-state index in [1.54, 1.807) is 24.1 Å². The number of rotatable bonds is 3. The third-order valence-electron chi connectivity index (χ3n) is 4.43. The highest BCUT2D eigenvalue weighted by Gasteiger charge is 2.29. The number of benzene rings is 1. The monoisotopic (exact) mass is 327 g/mol. The lowest BCUT2D eigenvalue weighted by Gasteiger charge is -2.39. The molecule has 1 atom stereocenters. The molecule has 2 aromatic rings. The van der Waals surface area contributed by atoms with Crippen molar-refractivity contribution in [3.63, 3.8) is 0 Å². The van der Waals surface area contributed by atoms with E-state index in [4.69, 9.17) is 4.74 Å². The first-order valence-corrected chi connectivity index (χ1v) is 7.91. The number of piperazine rings is 1. The number of nitrogens with zero attached hydrogens (tertiary/aromatic N) is 2. The molecular weight excluding hydrogens is 306 g/mol. The molecule has 6 heteroatoms. The first-order valence-electron chi connectivity index (χ1n) is 7.91. The van der Waals surface area contributed by atoms with E-state index in [1.807, 2.05) is 24.3 Å². The van der Waals surface area contributed by atoms with Crippen LogP contribution in [0.2, 0.25) is 0 Å². The zero-order valence-electron chi connectivity index (χ0n) is 13.9. The number of likely N-dealkylation sites (N-methyl/N-ethyl adjacent to an activating group) is 1. The van der Waals surface area contributed by atoms with Gasteiger partial charge < -0.3 is 14.6 Å². The number of aromatic nitrogens is 1. The predicted octanol–water partition coefficient (Wildman–Crippen LogP) is 1.51. The third kappa shape index (κ3) is 3.33. The number of hydrogen-bond donors (Lipinski definition) is 1. The molecule has 0 saturated carbocycles. The van der Waals surface area contributed by atoms with Crippen LogP contribution in [0.3, 0.4) is 0 Å². The topological polar surface area (TPSA) is 65.6 Å². The maximum absolute atomic E-state index is 12.7. The molecule has 0 aliphatic carbocycles. The SMILES string of the molecule is COc1ccc([C@@H]2CN(C(=O)c3cccc(=O)[nH]3)CCN2C)cc1. The molecule has 1 aliphatic heterocycles. The van der Waals surface area contributed by atoms with E-state index in [0.29, 0.717) is 18.8 Å². The fraction of sp³-hybridized carbons (Fsp3) is 0.333. The van der Waals surface area contributed by atoms with Gasteiger partial charge in [0.15, 0.2) is 0 Å². The van der Waals surface area contributed by atoms with E-state index in [0.717, 1.165) is 17.9 Å². The number of methoxy groups -OCH3 is 1. The lowest BCUT2D eigenvalue weighted by atomic mass is 10.0. The molecule has 1 fully saturated rings. The van der Waals surface area contributed by atoms with Crippen molar-refractivity contribution in [2.75, 3.05) is 33.8 Å². The standard InChI is InChI=1S/C18H21N3O3/c1-20-10-11-21(18(23)15-4-3-5-17(22)19-15)12-16(20)13-6-8-14(24-2)9-7-13/h3-9,16H,10-12H2,1-2H3,(H,19,22)/t16-/m0/s1. The lowest BCUT2D eigenvalue weighted by Crippen LogP contribution is -2.49. The molecule has 1 aromatic carbocycles. The highest BCUT2D eigenvalue weighted by molar-refractivity contribution is 5.92. The number of H-pyrrole nitrogens is 1. The maximum Gasteiger partial charge on any atom is 0.270 e. The van der Waals surface area contributed by atoms with E-state index >= 15 is 0 Å². The number of pyridine rings is 1. The number of nitrogens with one attached hydrogen (secondary N) is 1. The number of carbonyl (C=O) groups is 1. The summed E-state index contributed by atoms with van der Waals surface area (Å²) in [6.45, 7) is 2.00. The normalized spacial score (nSPS) is 18.4. The second kappa shape index (κ2) is 6.88. The second-order valence-corrected chi connectivity index (χ2v) is 5.95. The summed E-state index contributed by atoms with van der Waals surface area (Å²) in [5.41, 5.74) is 1.21. The summed E-state index contributed by atoms with van der Waals surface area (Å²) in [4.78, 5) is 30.7. The van der Waals surface area contributed by atoms with Crippen LogP contribution in [-0.4, -0.2) is 54.5 Å². The van der Waals surface area contributed by atoms with Crippen molar-refractivity contribution in [3.05, 3.63) is 64.1 Å². The van der Waals surface area contributed by atoms with Crippen molar-refractivity contribution in [1.82, 2.24) is 14.8 Å². The summed E-state index contributed by atoms with van der Waals surface area (Å²) in [6, 6.07) is 12.7. The number of aromatic amines is 1. The third-order valence-corrected chi connectivity index (χ3v) is 4.43. The zero-order valence-corrected chi connectivity index (χ0v) is 13.9. The Morgan fingerprint density at radius 3 is 2.58 bits per heavy atom. The van der Waals surface area contributed by atoms with Crippen LogP contribution in [0, 0.1) is 0 Å². The van der Waals surface area contributed by atoms with Crippen molar-refractivity contribution >= 4 is 5.91 Å².